The minimum Gasteiger partial charge on any atom is -0.508 e. The summed E-state index contributed by atoms with van der Waals surface area (Å²) in [5, 5.41) is 12.3. The largest absolute Gasteiger partial charge is 0.508 e. The molecule has 2 aromatic rings. The molecule has 0 bridgehead atoms. The lowest BCUT2D eigenvalue weighted by Gasteiger charge is -2.10. The van der Waals surface area contributed by atoms with Crippen LogP contribution in [-0.2, 0) is 0 Å². The molecule has 2 aromatic carbocycles. The number of carbonyl (C=O) groups excluding carboxylic acids is 1. The molecule has 4 nitrogen and oxygen atoms in total. The van der Waals surface area contributed by atoms with Gasteiger partial charge in [-0.05, 0) is 55.3 Å². The molecular weight excluding hydrogens is 240 g/mol. The summed E-state index contributed by atoms with van der Waals surface area (Å²) >= 11 is 0. The Balaban J connectivity index is 2.26. The van der Waals surface area contributed by atoms with Crippen molar-refractivity contribution in [3.63, 3.8) is 0 Å². The third-order valence-corrected chi connectivity index (χ3v) is 3.08. The van der Waals surface area contributed by atoms with Gasteiger partial charge in [0.2, 0.25) is 0 Å². The summed E-state index contributed by atoms with van der Waals surface area (Å²) in [5.41, 5.74) is 9.12. The Kier molecular flexibility index (Phi) is 3.42. The number of aromatic hydroxyl groups is 1. The standard InChI is InChI=1S/C15H16N2O2/c1-9-8-11(6-7-14(9)18)15(19)17-13-5-3-4-12(16)10(13)2/h3-8,18H,16H2,1-2H3,(H,17,19). The van der Waals surface area contributed by atoms with Crippen LogP contribution in [0.1, 0.15) is 21.5 Å². The zero-order chi connectivity index (χ0) is 14.0. The van der Waals surface area contributed by atoms with Crippen LogP contribution in [0.15, 0.2) is 36.4 Å². The van der Waals surface area contributed by atoms with Crippen molar-refractivity contribution < 1.29 is 9.90 Å². The first-order chi connectivity index (χ1) is 8.99. The van der Waals surface area contributed by atoms with E-state index in [2.05, 4.69) is 5.32 Å². The number of nitrogens with one attached hydrogen (secondary N) is 1. The SMILES string of the molecule is Cc1cc(C(=O)Nc2cccc(N)c2C)ccc1O. The molecule has 0 unspecified atom stereocenters. The average Bonchev–Trinajstić information content (AvgIpc) is 2.38. The molecule has 0 heterocycles. The molecule has 0 atom stereocenters. The second-order valence-corrected chi connectivity index (χ2v) is 4.48. The second kappa shape index (κ2) is 5.02. The van der Waals surface area contributed by atoms with Crippen LogP contribution >= 0.6 is 0 Å². The predicted octanol–water partition coefficient (Wildman–Crippen LogP) is 2.84. The number of amides is 1. The van der Waals surface area contributed by atoms with Crippen LogP contribution in [0.5, 0.6) is 5.75 Å². The molecule has 4 N–H and O–H groups in total. The van der Waals surface area contributed by atoms with Gasteiger partial charge in [-0.15, -0.1) is 0 Å². The van der Waals surface area contributed by atoms with Crippen molar-refractivity contribution in [2.45, 2.75) is 13.8 Å². The molecule has 0 aliphatic heterocycles. The number of phenols is 1. The Morgan fingerprint density at radius 2 is 1.95 bits per heavy atom. The van der Waals surface area contributed by atoms with Gasteiger partial charge in [0.05, 0.1) is 0 Å². The van der Waals surface area contributed by atoms with E-state index >= 15 is 0 Å². The molecule has 19 heavy (non-hydrogen) atoms. The Hall–Kier alpha value is -2.49. The number of anilines is 2. The van der Waals surface area contributed by atoms with Crippen LogP contribution in [0.3, 0.4) is 0 Å². The van der Waals surface area contributed by atoms with E-state index in [9.17, 15) is 9.90 Å². The molecule has 0 aromatic heterocycles. The van der Waals surface area contributed by atoms with E-state index in [-0.39, 0.29) is 11.7 Å². The predicted molar refractivity (Wildman–Crippen MR) is 76.4 cm³/mol. The van der Waals surface area contributed by atoms with Crippen molar-refractivity contribution in [3.05, 3.63) is 53.1 Å². The van der Waals surface area contributed by atoms with Gasteiger partial charge in [-0.2, -0.15) is 0 Å². The topological polar surface area (TPSA) is 75.4 Å². The highest BCUT2D eigenvalue weighted by molar-refractivity contribution is 6.05. The number of nitrogens with two attached hydrogens (primary N) is 1. The molecule has 0 spiro atoms. The molecule has 0 saturated carbocycles. The lowest BCUT2D eigenvalue weighted by Crippen LogP contribution is -2.13. The highest BCUT2D eigenvalue weighted by atomic mass is 16.3. The molecular formula is C15H16N2O2. The number of hydrogen-bond donors (Lipinski definition) is 3. The monoisotopic (exact) mass is 256 g/mol. The fourth-order valence-corrected chi connectivity index (χ4v) is 1.78. The average molecular weight is 256 g/mol. The number of phenolic OH excluding ortho intramolecular Hbond substituents is 1. The number of aryl methyl sites for hydroxylation is 1. The van der Waals surface area contributed by atoms with E-state index in [1.807, 2.05) is 6.92 Å². The molecule has 0 saturated heterocycles. The van der Waals surface area contributed by atoms with Gasteiger partial charge in [-0.3, -0.25) is 4.79 Å². The van der Waals surface area contributed by atoms with Gasteiger partial charge in [0.25, 0.3) is 5.91 Å². The summed E-state index contributed by atoms with van der Waals surface area (Å²) in [7, 11) is 0. The summed E-state index contributed by atoms with van der Waals surface area (Å²) in [5.74, 6) is -0.0477. The van der Waals surface area contributed by atoms with Gasteiger partial charge in [-0.1, -0.05) is 6.07 Å². The number of carbonyl (C=O) groups is 1. The van der Waals surface area contributed by atoms with Crippen LogP contribution in [0.25, 0.3) is 0 Å². The summed E-state index contributed by atoms with van der Waals surface area (Å²) in [4.78, 5) is 12.1. The van der Waals surface area contributed by atoms with Gasteiger partial charge < -0.3 is 16.2 Å². The summed E-state index contributed by atoms with van der Waals surface area (Å²) < 4.78 is 0. The van der Waals surface area contributed by atoms with E-state index in [1.54, 1.807) is 37.3 Å². The normalized spacial score (nSPS) is 10.2. The molecule has 2 rings (SSSR count). The van der Waals surface area contributed by atoms with E-state index in [1.165, 1.54) is 6.07 Å². The first kappa shape index (κ1) is 13.0. The number of nitrogen functional groups attached to an aromatic ring is 1. The molecule has 0 aliphatic rings. The number of rotatable bonds is 2. The van der Waals surface area contributed by atoms with Gasteiger partial charge in [0.1, 0.15) is 5.75 Å². The fourth-order valence-electron chi connectivity index (χ4n) is 1.78. The van der Waals surface area contributed by atoms with Crippen molar-refractivity contribution >= 4 is 17.3 Å². The second-order valence-electron chi connectivity index (χ2n) is 4.48. The maximum absolute atomic E-state index is 12.1. The van der Waals surface area contributed by atoms with E-state index < -0.39 is 0 Å². The van der Waals surface area contributed by atoms with Crippen molar-refractivity contribution in [3.8, 4) is 5.75 Å². The zero-order valence-electron chi connectivity index (χ0n) is 10.9. The van der Waals surface area contributed by atoms with Crippen molar-refractivity contribution in [1.29, 1.82) is 0 Å². The zero-order valence-corrected chi connectivity index (χ0v) is 10.9. The van der Waals surface area contributed by atoms with Crippen LogP contribution < -0.4 is 11.1 Å². The van der Waals surface area contributed by atoms with Crippen molar-refractivity contribution in [2.24, 2.45) is 0 Å². The lowest BCUT2D eigenvalue weighted by atomic mass is 10.1. The smallest absolute Gasteiger partial charge is 0.255 e. The third kappa shape index (κ3) is 2.68. The Bertz CT molecular complexity index is 636. The molecule has 98 valence electrons. The highest BCUT2D eigenvalue weighted by Crippen LogP contribution is 2.22. The van der Waals surface area contributed by atoms with E-state index in [0.29, 0.717) is 22.5 Å². The van der Waals surface area contributed by atoms with Gasteiger partial charge in [-0.25, -0.2) is 0 Å². The van der Waals surface area contributed by atoms with Gasteiger partial charge >= 0.3 is 0 Å². The van der Waals surface area contributed by atoms with Crippen molar-refractivity contribution in [1.82, 2.24) is 0 Å². The molecule has 1 amide bonds. The van der Waals surface area contributed by atoms with E-state index in [4.69, 9.17) is 5.73 Å². The Morgan fingerprint density at radius 1 is 1.21 bits per heavy atom. The summed E-state index contributed by atoms with van der Waals surface area (Å²) in [6.07, 6.45) is 0. The molecule has 4 heteroatoms. The third-order valence-electron chi connectivity index (χ3n) is 3.08. The lowest BCUT2D eigenvalue weighted by molar-refractivity contribution is 0.102. The van der Waals surface area contributed by atoms with Crippen molar-refractivity contribution in [2.75, 3.05) is 11.1 Å². The van der Waals surface area contributed by atoms with Crippen LogP contribution in [0.2, 0.25) is 0 Å². The number of hydrogen-bond acceptors (Lipinski definition) is 3. The summed E-state index contributed by atoms with van der Waals surface area (Å²) in [6.45, 7) is 3.60. The van der Waals surface area contributed by atoms with Crippen LogP contribution in [0, 0.1) is 13.8 Å². The number of benzene rings is 2. The maximum Gasteiger partial charge on any atom is 0.255 e. The maximum atomic E-state index is 12.1. The first-order valence-corrected chi connectivity index (χ1v) is 5.95. The Labute approximate surface area is 111 Å². The van der Waals surface area contributed by atoms with Crippen LogP contribution in [0.4, 0.5) is 11.4 Å². The van der Waals surface area contributed by atoms with Crippen LogP contribution in [-0.4, -0.2) is 11.0 Å². The minimum atomic E-state index is -0.225. The minimum absolute atomic E-state index is 0.177. The van der Waals surface area contributed by atoms with E-state index in [0.717, 1.165) is 5.56 Å². The first-order valence-electron chi connectivity index (χ1n) is 5.95. The Morgan fingerprint density at radius 3 is 2.63 bits per heavy atom. The van der Waals surface area contributed by atoms with Gasteiger partial charge in [0.15, 0.2) is 0 Å². The fraction of sp³-hybridized carbons (Fsp3) is 0.133. The highest BCUT2D eigenvalue weighted by Gasteiger charge is 2.10. The van der Waals surface area contributed by atoms with Gasteiger partial charge in [0, 0.05) is 16.9 Å². The summed E-state index contributed by atoms with van der Waals surface area (Å²) in [6, 6.07) is 10.1. The molecule has 0 fully saturated rings. The quantitative estimate of drug-likeness (QED) is 0.723. The molecule has 0 radical (unpaired) electrons. The molecule has 0 aliphatic carbocycles.